The summed E-state index contributed by atoms with van der Waals surface area (Å²) in [5.41, 5.74) is 3.43. The van der Waals surface area contributed by atoms with Crippen LogP contribution >= 0.6 is 9.24 Å². The van der Waals surface area contributed by atoms with Crippen molar-refractivity contribution < 1.29 is 23.8 Å². The largest absolute Gasteiger partial charge is 0.481 e. The van der Waals surface area contributed by atoms with Crippen molar-refractivity contribution in [1.29, 1.82) is 0 Å². The Labute approximate surface area is 218 Å². The van der Waals surface area contributed by atoms with Gasteiger partial charge in [-0.1, -0.05) is 70.8 Å². The van der Waals surface area contributed by atoms with Gasteiger partial charge in [0, 0.05) is 12.0 Å². The van der Waals surface area contributed by atoms with Gasteiger partial charge in [0.25, 0.3) is 5.91 Å². The van der Waals surface area contributed by atoms with Crippen LogP contribution in [0.25, 0.3) is 11.1 Å². The topological polar surface area (TPSA) is 88.0 Å². The maximum absolute atomic E-state index is 13.3. The highest BCUT2D eigenvalue weighted by Crippen LogP contribution is 2.29. The van der Waals surface area contributed by atoms with Crippen molar-refractivity contribution in [2.45, 2.75) is 31.3 Å². The molecule has 0 saturated carbocycles. The van der Waals surface area contributed by atoms with E-state index in [9.17, 15) is 19.1 Å². The molecule has 3 atom stereocenters. The first-order valence-electron chi connectivity index (χ1n) is 12.1. The van der Waals surface area contributed by atoms with Crippen LogP contribution in [0, 0.1) is 11.7 Å². The lowest BCUT2D eigenvalue weighted by molar-refractivity contribution is -0.141. The van der Waals surface area contributed by atoms with Crippen molar-refractivity contribution >= 4 is 26.6 Å². The summed E-state index contributed by atoms with van der Waals surface area (Å²) >= 11 is 0. The fourth-order valence-electron chi connectivity index (χ4n) is 4.27. The lowest BCUT2D eigenvalue weighted by Crippen LogP contribution is -2.51. The summed E-state index contributed by atoms with van der Waals surface area (Å²) in [6.45, 7) is 2.38. The third kappa shape index (κ3) is 6.88. The molecular weight excluding hydrogens is 490 g/mol. The molecule has 1 heterocycles. The van der Waals surface area contributed by atoms with Crippen LogP contribution in [0.15, 0.2) is 83.9 Å². The summed E-state index contributed by atoms with van der Waals surface area (Å²) in [4.78, 5) is 29.6. The Morgan fingerprint density at radius 2 is 1.65 bits per heavy atom. The number of aliphatic imine (C=N–C) groups is 1. The SMILES string of the molecule is CC(C[C@H](NC(=O)c1ccc(-c2ccccc2)cc1)C(P)=NC1(Cc2ccc(F)cc2)COC1)C(=O)O. The number of aliphatic carboxylic acids is 1. The molecule has 0 aliphatic carbocycles. The first-order chi connectivity index (χ1) is 17.7. The van der Waals surface area contributed by atoms with Crippen LogP contribution in [0.2, 0.25) is 0 Å². The Bertz CT molecular complexity index is 1260. The number of amides is 1. The third-order valence-corrected chi connectivity index (χ3v) is 7.01. The van der Waals surface area contributed by atoms with Crippen LogP contribution in [0.5, 0.6) is 0 Å². The maximum atomic E-state index is 13.3. The van der Waals surface area contributed by atoms with E-state index in [4.69, 9.17) is 9.73 Å². The van der Waals surface area contributed by atoms with E-state index in [1.54, 1.807) is 31.2 Å². The molecule has 0 spiro atoms. The number of hydrogen-bond acceptors (Lipinski definition) is 4. The zero-order valence-electron chi connectivity index (χ0n) is 20.6. The average molecular weight is 521 g/mol. The first-order valence-corrected chi connectivity index (χ1v) is 12.7. The van der Waals surface area contributed by atoms with Gasteiger partial charge in [-0.05, 0) is 47.4 Å². The first kappa shape index (κ1) is 26.6. The van der Waals surface area contributed by atoms with Gasteiger partial charge in [-0.3, -0.25) is 14.6 Å². The lowest BCUT2D eigenvalue weighted by Gasteiger charge is -2.39. The van der Waals surface area contributed by atoms with E-state index in [1.807, 2.05) is 42.5 Å². The number of nitrogens with one attached hydrogen (secondary N) is 1. The second-order valence-electron chi connectivity index (χ2n) is 9.50. The van der Waals surface area contributed by atoms with Gasteiger partial charge in [-0.25, -0.2) is 4.39 Å². The van der Waals surface area contributed by atoms with Gasteiger partial charge in [0.1, 0.15) is 11.4 Å². The monoisotopic (exact) mass is 520 g/mol. The number of carboxylic acids is 1. The average Bonchev–Trinajstić information content (AvgIpc) is 2.88. The van der Waals surface area contributed by atoms with E-state index in [1.165, 1.54) is 12.1 Å². The number of halogens is 1. The molecule has 3 aromatic carbocycles. The normalized spacial score (nSPS) is 16.4. The molecule has 1 aliphatic heterocycles. The van der Waals surface area contributed by atoms with E-state index >= 15 is 0 Å². The fraction of sp³-hybridized carbons (Fsp3) is 0.276. The van der Waals surface area contributed by atoms with Crippen molar-refractivity contribution in [3.8, 4) is 11.1 Å². The van der Waals surface area contributed by atoms with Crippen LogP contribution in [0.1, 0.15) is 29.3 Å². The van der Waals surface area contributed by atoms with E-state index in [2.05, 4.69) is 14.6 Å². The zero-order valence-corrected chi connectivity index (χ0v) is 21.7. The predicted molar refractivity (Wildman–Crippen MR) is 145 cm³/mol. The summed E-state index contributed by atoms with van der Waals surface area (Å²) in [5.74, 6) is -2.26. The number of ether oxygens (including phenoxy) is 1. The highest BCUT2D eigenvalue weighted by Gasteiger charge is 2.39. The van der Waals surface area contributed by atoms with Crippen LogP contribution in [0.4, 0.5) is 4.39 Å². The molecule has 0 bridgehead atoms. The number of carbonyl (C=O) groups is 2. The number of hydrogen-bond donors (Lipinski definition) is 2. The minimum atomic E-state index is -0.947. The number of carboxylic acid groups (broad SMARTS) is 1. The number of nitrogens with zero attached hydrogens (tertiary/aromatic N) is 1. The van der Waals surface area contributed by atoms with Crippen LogP contribution in [0.3, 0.4) is 0 Å². The Morgan fingerprint density at radius 1 is 1.03 bits per heavy atom. The van der Waals surface area contributed by atoms with E-state index in [-0.39, 0.29) is 18.1 Å². The van der Waals surface area contributed by atoms with E-state index in [0.717, 1.165) is 16.7 Å². The Balaban J connectivity index is 1.53. The number of benzene rings is 3. The molecular formula is C29H30FN2O4P. The standard InChI is InChI=1S/C29H30FN2O4P/c1-19(28(34)35)15-25(27(37)32-29(17-36-18-29)16-20-7-13-24(30)14-8-20)31-26(33)23-11-9-22(10-12-23)21-5-3-2-4-6-21/h2-14,19,25H,15-18,37H2,1H3,(H,31,33)(H,34,35)/t19?,25-/m0/s1. The maximum Gasteiger partial charge on any atom is 0.306 e. The van der Waals surface area contributed by atoms with Crippen LogP contribution in [-0.2, 0) is 16.0 Å². The molecule has 6 nitrogen and oxygen atoms in total. The van der Waals surface area contributed by atoms with Gasteiger partial charge < -0.3 is 15.2 Å². The van der Waals surface area contributed by atoms with E-state index in [0.29, 0.717) is 30.7 Å². The van der Waals surface area contributed by atoms with Crippen molar-refractivity contribution in [2.24, 2.45) is 10.9 Å². The fourth-order valence-corrected chi connectivity index (χ4v) is 4.77. The summed E-state index contributed by atoms with van der Waals surface area (Å²) in [5, 5.41) is 12.5. The molecule has 1 fully saturated rings. The molecule has 1 aliphatic rings. The van der Waals surface area contributed by atoms with Crippen molar-refractivity contribution in [1.82, 2.24) is 5.32 Å². The van der Waals surface area contributed by atoms with Gasteiger partial charge in [-0.15, -0.1) is 0 Å². The summed E-state index contributed by atoms with van der Waals surface area (Å²) in [6.07, 6.45) is 0.722. The Morgan fingerprint density at radius 3 is 2.22 bits per heavy atom. The van der Waals surface area contributed by atoms with Gasteiger partial charge >= 0.3 is 5.97 Å². The van der Waals surface area contributed by atoms with Gasteiger partial charge in [0.05, 0.1) is 30.6 Å². The number of carbonyl (C=O) groups excluding carboxylic acids is 1. The predicted octanol–water partition coefficient (Wildman–Crippen LogP) is 4.99. The molecule has 1 saturated heterocycles. The third-order valence-electron chi connectivity index (χ3n) is 6.48. The van der Waals surface area contributed by atoms with Crippen LogP contribution < -0.4 is 5.32 Å². The summed E-state index contributed by atoms with van der Waals surface area (Å²) < 4.78 is 18.8. The van der Waals surface area contributed by atoms with Crippen LogP contribution in [-0.4, -0.2) is 47.2 Å². The molecule has 4 rings (SSSR count). The Kier molecular flexibility index (Phi) is 8.47. The molecule has 2 unspecified atom stereocenters. The molecule has 0 radical (unpaired) electrons. The molecule has 0 aromatic heterocycles. The summed E-state index contributed by atoms with van der Waals surface area (Å²) in [7, 11) is 2.57. The smallest absolute Gasteiger partial charge is 0.306 e. The molecule has 3 aromatic rings. The molecule has 2 N–H and O–H groups in total. The van der Waals surface area contributed by atoms with Gasteiger partial charge in [0.2, 0.25) is 0 Å². The van der Waals surface area contributed by atoms with Crippen molar-refractivity contribution in [3.63, 3.8) is 0 Å². The molecule has 192 valence electrons. The minimum Gasteiger partial charge on any atom is -0.481 e. The molecule has 8 heteroatoms. The van der Waals surface area contributed by atoms with Gasteiger partial charge in [0.15, 0.2) is 0 Å². The second kappa shape index (κ2) is 11.8. The quantitative estimate of drug-likeness (QED) is 0.291. The minimum absolute atomic E-state index is 0.180. The lowest BCUT2D eigenvalue weighted by atomic mass is 9.89. The Hall–Kier alpha value is -3.41. The van der Waals surface area contributed by atoms with Crippen molar-refractivity contribution in [2.75, 3.05) is 13.2 Å². The molecule has 1 amide bonds. The van der Waals surface area contributed by atoms with Crippen molar-refractivity contribution in [3.05, 3.63) is 95.8 Å². The second-order valence-corrected chi connectivity index (χ2v) is 10.1. The summed E-state index contributed by atoms with van der Waals surface area (Å²) in [6, 6.07) is 22.8. The highest BCUT2D eigenvalue weighted by molar-refractivity contribution is 7.41. The zero-order chi connectivity index (χ0) is 26.4. The highest BCUT2D eigenvalue weighted by atomic mass is 31.0. The number of rotatable bonds is 10. The van der Waals surface area contributed by atoms with E-state index < -0.39 is 23.5 Å². The van der Waals surface area contributed by atoms with Gasteiger partial charge in [-0.2, -0.15) is 0 Å². The molecule has 37 heavy (non-hydrogen) atoms.